The third kappa shape index (κ3) is 9.35. The van der Waals surface area contributed by atoms with Crippen molar-refractivity contribution in [3.8, 4) is 0 Å². The fourth-order valence-corrected chi connectivity index (χ4v) is 2.07. The van der Waals surface area contributed by atoms with Crippen molar-refractivity contribution >= 4 is 5.97 Å². The molecule has 0 atom stereocenters. The summed E-state index contributed by atoms with van der Waals surface area (Å²) in [5, 5.41) is 9.15. The van der Waals surface area contributed by atoms with Crippen molar-refractivity contribution in [1.29, 1.82) is 0 Å². The Bertz CT molecular complexity index is 260. The Labute approximate surface area is 125 Å². The molecule has 20 heavy (non-hydrogen) atoms. The average molecular weight is 285 g/mol. The third-order valence-electron chi connectivity index (χ3n) is 3.90. The van der Waals surface area contributed by atoms with Crippen molar-refractivity contribution < 1.29 is 9.90 Å². The predicted molar refractivity (Wildman–Crippen MR) is 86.0 cm³/mol. The Kier molecular flexibility index (Phi) is 9.11. The molecule has 0 bridgehead atoms. The van der Waals surface area contributed by atoms with Crippen LogP contribution in [0.4, 0.5) is 0 Å². The van der Waals surface area contributed by atoms with Gasteiger partial charge in [-0.1, -0.05) is 27.7 Å². The number of nitrogens with zero attached hydrogens (tertiary/aromatic N) is 1. The van der Waals surface area contributed by atoms with Crippen LogP contribution in [0.25, 0.3) is 0 Å². The highest BCUT2D eigenvalue weighted by molar-refractivity contribution is 5.73. The molecule has 3 nitrogen and oxygen atoms in total. The Balaban J connectivity index is 4.17. The van der Waals surface area contributed by atoms with Gasteiger partial charge in [0.2, 0.25) is 0 Å². The highest BCUT2D eigenvalue weighted by atomic mass is 16.4. The molecule has 1 N–H and O–H groups in total. The summed E-state index contributed by atoms with van der Waals surface area (Å²) in [5.74, 6) is 0.771. The molecular formula is C17H35NO2. The maximum Gasteiger partial charge on any atom is 0.309 e. The lowest BCUT2D eigenvalue weighted by Crippen LogP contribution is -2.31. The lowest BCUT2D eigenvalue weighted by atomic mass is 9.88. The van der Waals surface area contributed by atoms with Gasteiger partial charge in [0.25, 0.3) is 0 Å². The average Bonchev–Trinajstić information content (AvgIpc) is 2.31. The van der Waals surface area contributed by atoms with Gasteiger partial charge in [-0.3, -0.25) is 4.79 Å². The van der Waals surface area contributed by atoms with Crippen molar-refractivity contribution in [2.45, 2.75) is 67.2 Å². The number of carbonyl (C=O) groups is 1. The topological polar surface area (TPSA) is 40.5 Å². The maximum absolute atomic E-state index is 11.1. The van der Waals surface area contributed by atoms with E-state index in [2.05, 4.69) is 32.6 Å². The molecule has 0 fully saturated rings. The normalized spacial score (nSPS) is 12.7. The van der Waals surface area contributed by atoms with Crippen molar-refractivity contribution in [2.24, 2.45) is 17.3 Å². The van der Waals surface area contributed by atoms with Gasteiger partial charge < -0.3 is 10.0 Å². The molecule has 0 saturated carbocycles. The SMILES string of the molecule is CC(C)CCN(CCCC(C)(C)C(=O)O)CCC(C)C. The van der Waals surface area contributed by atoms with Crippen LogP contribution in [-0.2, 0) is 4.79 Å². The van der Waals surface area contributed by atoms with Crippen LogP contribution in [0.5, 0.6) is 0 Å². The van der Waals surface area contributed by atoms with E-state index in [0.717, 1.165) is 44.3 Å². The molecule has 0 amide bonds. The van der Waals surface area contributed by atoms with Gasteiger partial charge in [-0.25, -0.2) is 0 Å². The first-order valence-electron chi connectivity index (χ1n) is 8.11. The van der Waals surface area contributed by atoms with Gasteiger partial charge in [-0.15, -0.1) is 0 Å². The second-order valence-electron chi connectivity index (χ2n) is 7.50. The van der Waals surface area contributed by atoms with Crippen LogP contribution < -0.4 is 0 Å². The van der Waals surface area contributed by atoms with E-state index in [1.54, 1.807) is 0 Å². The van der Waals surface area contributed by atoms with Gasteiger partial charge in [0, 0.05) is 0 Å². The number of hydrogen-bond donors (Lipinski definition) is 1. The van der Waals surface area contributed by atoms with Crippen LogP contribution in [0.2, 0.25) is 0 Å². The third-order valence-corrected chi connectivity index (χ3v) is 3.90. The zero-order valence-corrected chi connectivity index (χ0v) is 14.4. The molecule has 0 unspecified atom stereocenters. The first-order valence-corrected chi connectivity index (χ1v) is 8.11. The van der Waals surface area contributed by atoms with Gasteiger partial charge in [-0.2, -0.15) is 0 Å². The Hall–Kier alpha value is -0.570. The summed E-state index contributed by atoms with van der Waals surface area (Å²) in [4.78, 5) is 13.6. The van der Waals surface area contributed by atoms with Gasteiger partial charge >= 0.3 is 5.97 Å². The molecule has 0 saturated heterocycles. The maximum atomic E-state index is 11.1. The number of carboxylic acids is 1. The fraction of sp³-hybridized carbons (Fsp3) is 0.941. The molecule has 0 aromatic heterocycles. The summed E-state index contributed by atoms with van der Waals surface area (Å²) in [7, 11) is 0. The molecule has 0 aliphatic carbocycles. The van der Waals surface area contributed by atoms with E-state index in [0.29, 0.717) is 0 Å². The van der Waals surface area contributed by atoms with E-state index in [1.807, 2.05) is 13.8 Å². The zero-order chi connectivity index (χ0) is 15.8. The summed E-state index contributed by atoms with van der Waals surface area (Å²) in [6.45, 7) is 16.0. The van der Waals surface area contributed by atoms with Gasteiger partial charge in [0.05, 0.1) is 5.41 Å². The number of carboxylic acid groups (broad SMARTS) is 1. The largest absolute Gasteiger partial charge is 0.481 e. The van der Waals surface area contributed by atoms with Crippen LogP contribution in [0.1, 0.15) is 67.2 Å². The lowest BCUT2D eigenvalue weighted by molar-refractivity contribution is -0.147. The van der Waals surface area contributed by atoms with Crippen LogP contribution in [0.3, 0.4) is 0 Å². The highest BCUT2D eigenvalue weighted by Crippen LogP contribution is 2.22. The summed E-state index contributed by atoms with van der Waals surface area (Å²) >= 11 is 0. The number of rotatable bonds is 11. The zero-order valence-electron chi connectivity index (χ0n) is 14.4. The van der Waals surface area contributed by atoms with Crippen molar-refractivity contribution in [1.82, 2.24) is 4.90 Å². The van der Waals surface area contributed by atoms with E-state index in [-0.39, 0.29) is 0 Å². The van der Waals surface area contributed by atoms with Crippen molar-refractivity contribution in [3.05, 3.63) is 0 Å². The van der Waals surface area contributed by atoms with Crippen molar-refractivity contribution in [2.75, 3.05) is 19.6 Å². The first kappa shape index (κ1) is 19.4. The van der Waals surface area contributed by atoms with E-state index < -0.39 is 11.4 Å². The fourth-order valence-electron chi connectivity index (χ4n) is 2.07. The lowest BCUT2D eigenvalue weighted by Gasteiger charge is -2.26. The molecular weight excluding hydrogens is 250 g/mol. The number of hydrogen-bond acceptors (Lipinski definition) is 2. The summed E-state index contributed by atoms with van der Waals surface area (Å²) < 4.78 is 0. The highest BCUT2D eigenvalue weighted by Gasteiger charge is 2.26. The second kappa shape index (κ2) is 9.38. The van der Waals surface area contributed by atoms with Crippen molar-refractivity contribution in [3.63, 3.8) is 0 Å². The Morgan fingerprint density at radius 1 is 1.00 bits per heavy atom. The van der Waals surface area contributed by atoms with E-state index in [1.165, 1.54) is 12.8 Å². The molecule has 0 aliphatic heterocycles. The monoisotopic (exact) mass is 285 g/mol. The summed E-state index contributed by atoms with van der Waals surface area (Å²) in [5.41, 5.74) is -0.595. The van der Waals surface area contributed by atoms with E-state index >= 15 is 0 Å². The first-order chi connectivity index (χ1) is 9.15. The van der Waals surface area contributed by atoms with Gasteiger partial charge in [0.15, 0.2) is 0 Å². The van der Waals surface area contributed by atoms with Crippen LogP contribution in [0, 0.1) is 17.3 Å². The predicted octanol–water partition coefficient (Wildman–Crippen LogP) is 4.27. The van der Waals surface area contributed by atoms with Crippen LogP contribution in [-0.4, -0.2) is 35.6 Å². The van der Waals surface area contributed by atoms with Crippen LogP contribution in [0.15, 0.2) is 0 Å². The number of aliphatic carboxylic acids is 1. The minimum atomic E-state index is -0.687. The minimum absolute atomic E-state index is 0.595. The quantitative estimate of drug-likeness (QED) is 0.616. The summed E-state index contributed by atoms with van der Waals surface area (Å²) in [6, 6.07) is 0. The molecule has 120 valence electrons. The smallest absolute Gasteiger partial charge is 0.309 e. The molecule has 0 rings (SSSR count). The van der Waals surface area contributed by atoms with Gasteiger partial charge in [0.1, 0.15) is 0 Å². The molecule has 0 heterocycles. The second-order valence-corrected chi connectivity index (χ2v) is 7.50. The molecule has 0 aromatic carbocycles. The van der Waals surface area contributed by atoms with Gasteiger partial charge in [-0.05, 0) is 71.0 Å². The summed E-state index contributed by atoms with van der Waals surface area (Å²) in [6.07, 6.45) is 4.17. The van der Waals surface area contributed by atoms with E-state index in [9.17, 15) is 4.79 Å². The molecule has 0 aromatic rings. The standard InChI is InChI=1S/C17H35NO2/c1-14(2)8-12-18(13-9-15(3)4)11-7-10-17(5,6)16(19)20/h14-15H,7-13H2,1-6H3,(H,19,20). The Morgan fingerprint density at radius 3 is 1.80 bits per heavy atom. The van der Waals surface area contributed by atoms with E-state index in [4.69, 9.17) is 5.11 Å². The minimum Gasteiger partial charge on any atom is -0.481 e. The Morgan fingerprint density at radius 2 is 1.45 bits per heavy atom. The van der Waals surface area contributed by atoms with Crippen LogP contribution >= 0.6 is 0 Å². The molecule has 3 heteroatoms. The molecule has 0 spiro atoms. The molecule has 0 radical (unpaired) electrons. The molecule has 0 aliphatic rings.